The van der Waals surface area contributed by atoms with Gasteiger partial charge < -0.3 is 5.32 Å². The number of aromatic nitrogens is 3. The van der Waals surface area contributed by atoms with E-state index in [1.165, 1.54) is 17.7 Å². The predicted octanol–water partition coefficient (Wildman–Crippen LogP) is 2.45. The third kappa shape index (κ3) is 3.78. The maximum absolute atomic E-state index is 12.1. The van der Waals surface area contributed by atoms with Gasteiger partial charge in [-0.25, -0.2) is 4.98 Å². The maximum Gasteiger partial charge on any atom is 0.261 e. The molecule has 0 spiro atoms. The van der Waals surface area contributed by atoms with Crippen LogP contribution >= 0.6 is 22.9 Å². The molecule has 0 radical (unpaired) electrons. The van der Waals surface area contributed by atoms with Gasteiger partial charge in [0.25, 0.3) is 5.91 Å². The molecule has 5 nitrogen and oxygen atoms in total. The van der Waals surface area contributed by atoms with E-state index in [2.05, 4.69) is 29.2 Å². The van der Waals surface area contributed by atoms with Gasteiger partial charge in [-0.05, 0) is 18.1 Å². The number of nitrogens with zero attached hydrogens (tertiary/aromatic N) is 3. The quantitative estimate of drug-likeness (QED) is 0.922. The van der Waals surface area contributed by atoms with E-state index in [-0.39, 0.29) is 11.9 Å². The molecule has 2 rings (SSSR count). The monoisotopic (exact) mass is 298 g/mol. The van der Waals surface area contributed by atoms with Gasteiger partial charge in [-0.2, -0.15) is 5.10 Å². The Morgan fingerprint density at radius 1 is 1.53 bits per heavy atom. The van der Waals surface area contributed by atoms with E-state index in [1.807, 2.05) is 0 Å². The Morgan fingerprint density at radius 2 is 2.32 bits per heavy atom. The van der Waals surface area contributed by atoms with Crippen LogP contribution in [0.15, 0.2) is 24.8 Å². The van der Waals surface area contributed by atoms with E-state index in [9.17, 15) is 4.79 Å². The smallest absolute Gasteiger partial charge is 0.261 e. The summed E-state index contributed by atoms with van der Waals surface area (Å²) in [6.45, 7) is 4.72. The molecule has 0 aliphatic rings. The molecule has 2 heterocycles. The number of carbonyl (C=O) groups is 1. The van der Waals surface area contributed by atoms with Crippen molar-refractivity contribution in [1.82, 2.24) is 20.1 Å². The standard InChI is InChI=1S/C12H15ClN4OS/c1-8(2)9(5-17-7-14-6-15-17)16-12(18)10-3-4-11(13)19-10/h3-4,6-9H,5H2,1-2H3,(H,16,18). The number of thiophene rings is 1. The van der Waals surface area contributed by atoms with E-state index in [1.54, 1.807) is 23.1 Å². The van der Waals surface area contributed by atoms with Gasteiger partial charge in [0, 0.05) is 0 Å². The number of amides is 1. The van der Waals surface area contributed by atoms with Crippen molar-refractivity contribution >= 4 is 28.8 Å². The van der Waals surface area contributed by atoms with Gasteiger partial charge in [-0.3, -0.25) is 9.48 Å². The van der Waals surface area contributed by atoms with Crippen molar-refractivity contribution in [2.24, 2.45) is 5.92 Å². The predicted molar refractivity (Wildman–Crippen MR) is 75.4 cm³/mol. The summed E-state index contributed by atoms with van der Waals surface area (Å²) in [5.41, 5.74) is 0. The van der Waals surface area contributed by atoms with E-state index in [0.717, 1.165) is 0 Å². The Bertz CT molecular complexity index is 538. The van der Waals surface area contributed by atoms with Crippen LogP contribution in [-0.2, 0) is 6.54 Å². The fraction of sp³-hybridized carbons (Fsp3) is 0.417. The number of carbonyl (C=O) groups excluding carboxylic acids is 1. The van der Waals surface area contributed by atoms with E-state index in [4.69, 9.17) is 11.6 Å². The van der Waals surface area contributed by atoms with Crippen molar-refractivity contribution < 1.29 is 4.79 Å². The molecular weight excluding hydrogens is 284 g/mol. The summed E-state index contributed by atoms with van der Waals surface area (Å²) in [5, 5.41) is 7.07. The van der Waals surface area contributed by atoms with E-state index >= 15 is 0 Å². The summed E-state index contributed by atoms with van der Waals surface area (Å²) in [7, 11) is 0. The molecule has 2 aromatic rings. The van der Waals surface area contributed by atoms with Gasteiger partial charge in [0.15, 0.2) is 0 Å². The average molecular weight is 299 g/mol. The first-order valence-electron chi connectivity index (χ1n) is 5.95. The van der Waals surface area contributed by atoms with E-state index < -0.39 is 0 Å². The van der Waals surface area contributed by atoms with Gasteiger partial charge in [0.2, 0.25) is 0 Å². The molecular formula is C12H15ClN4OS. The Kier molecular flexibility index (Phi) is 4.55. The molecule has 0 aromatic carbocycles. The van der Waals surface area contributed by atoms with Crippen molar-refractivity contribution in [3.05, 3.63) is 34.0 Å². The summed E-state index contributed by atoms with van der Waals surface area (Å²) in [6.07, 6.45) is 3.13. The Morgan fingerprint density at radius 3 is 2.84 bits per heavy atom. The second kappa shape index (κ2) is 6.16. The zero-order valence-corrected chi connectivity index (χ0v) is 12.3. The number of halogens is 1. The SMILES string of the molecule is CC(C)C(Cn1cncn1)NC(=O)c1ccc(Cl)s1. The average Bonchev–Trinajstić information content (AvgIpc) is 2.99. The molecule has 0 aliphatic carbocycles. The molecule has 102 valence electrons. The molecule has 0 bridgehead atoms. The largest absolute Gasteiger partial charge is 0.346 e. The zero-order chi connectivity index (χ0) is 13.8. The lowest BCUT2D eigenvalue weighted by atomic mass is 10.0. The number of rotatable bonds is 5. The fourth-order valence-corrected chi connectivity index (χ4v) is 2.57. The van der Waals surface area contributed by atoms with Crippen LogP contribution in [0.5, 0.6) is 0 Å². The maximum atomic E-state index is 12.1. The number of hydrogen-bond donors (Lipinski definition) is 1. The van der Waals surface area contributed by atoms with Gasteiger partial charge in [-0.15, -0.1) is 11.3 Å². The van der Waals surface area contributed by atoms with Crippen molar-refractivity contribution in [3.8, 4) is 0 Å². The van der Waals surface area contributed by atoms with Crippen molar-refractivity contribution in [2.45, 2.75) is 26.4 Å². The topological polar surface area (TPSA) is 59.8 Å². The summed E-state index contributed by atoms with van der Waals surface area (Å²) in [4.78, 5) is 16.6. The highest BCUT2D eigenvalue weighted by Gasteiger charge is 2.19. The number of nitrogens with one attached hydrogen (secondary N) is 1. The highest BCUT2D eigenvalue weighted by atomic mass is 35.5. The molecule has 2 aromatic heterocycles. The molecule has 19 heavy (non-hydrogen) atoms. The van der Waals surface area contributed by atoms with Crippen LogP contribution < -0.4 is 5.32 Å². The summed E-state index contributed by atoms with van der Waals surface area (Å²) in [6, 6.07) is 3.45. The van der Waals surface area contributed by atoms with Crippen LogP contribution in [0.1, 0.15) is 23.5 Å². The highest BCUT2D eigenvalue weighted by Crippen LogP contribution is 2.21. The summed E-state index contributed by atoms with van der Waals surface area (Å²) < 4.78 is 2.33. The Hall–Kier alpha value is -1.40. The molecule has 1 unspecified atom stereocenters. The third-order valence-corrected chi connectivity index (χ3v) is 4.00. The molecule has 0 saturated heterocycles. The van der Waals surface area contributed by atoms with Crippen molar-refractivity contribution in [3.63, 3.8) is 0 Å². The van der Waals surface area contributed by atoms with Gasteiger partial charge >= 0.3 is 0 Å². The minimum atomic E-state index is -0.101. The van der Waals surface area contributed by atoms with Crippen LogP contribution in [0.4, 0.5) is 0 Å². The molecule has 1 atom stereocenters. The van der Waals surface area contributed by atoms with E-state index in [0.29, 0.717) is 21.7 Å². The van der Waals surface area contributed by atoms with Gasteiger partial charge in [0.05, 0.1) is 21.8 Å². The second-order valence-electron chi connectivity index (χ2n) is 4.55. The first-order chi connectivity index (χ1) is 9.06. The molecule has 7 heteroatoms. The van der Waals surface area contributed by atoms with Crippen LogP contribution in [0.2, 0.25) is 4.34 Å². The fourth-order valence-electron chi connectivity index (χ4n) is 1.63. The van der Waals surface area contributed by atoms with Crippen LogP contribution in [0, 0.1) is 5.92 Å². The molecule has 0 saturated carbocycles. The minimum absolute atomic E-state index is 0.00456. The molecule has 1 N–H and O–H groups in total. The van der Waals surface area contributed by atoms with Gasteiger partial charge in [-0.1, -0.05) is 25.4 Å². The minimum Gasteiger partial charge on any atom is -0.346 e. The lowest BCUT2D eigenvalue weighted by molar-refractivity contribution is 0.0923. The van der Waals surface area contributed by atoms with Gasteiger partial charge in [0.1, 0.15) is 12.7 Å². The Balaban J connectivity index is 2.02. The second-order valence-corrected chi connectivity index (χ2v) is 6.26. The van der Waals surface area contributed by atoms with Crippen LogP contribution in [0.25, 0.3) is 0 Å². The summed E-state index contributed by atoms with van der Waals surface area (Å²) >= 11 is 7.11. The molecule has 1 amide bonds. The van der Waals surface area contributed by atoms with Crippen LogP contribution in [-0.4, -0.2) is 26.7 Å². The first kappa shape index (κ1) is 14.0. The molecule has 0 fully saturated rings. The van der Waals surface area contributed by atoms with Crippen molar-refractivity contribution in [1.29, 1.82) is 0 Å². The molecule has 0 aliphatic heterocycles. The number of hydrogen-bond acceptors (Lipinski definition) is 4. The lowest BCUT2D eigenvalue weighted by Crippen LogP contribution is -2.41. The third-order valence-electron chi connectivity index (χ3n) is 2.77. The van der Waals surface area contributed by atoms with Crippen molar-refractivity contribution in [2.75, 3.05) is 0 Å². The first-order valence-corrected chi connectivity index (χ1v) is 7.14. The summed E-state index contributed by atoms with van der Waals surface area (Å²) in [5.74, 6) is 0.194. The zero-order valence-electron chi connectivity index (χ0n) is 10.7. The van der Waals surface area contributed by atoms with Crippen LogP contribution in [0.3, 0.4) is 0 Å². The normalized spacial score (nSPS) is 12.6. The Labute approximate surface area is 120 Å². The lowest BCUT2D eigenvalue weighted by Gasteiger charge is -2.21. The highest BCUT2D eigenvalue weighted by molar-refractivity contribution is 7.17.